The molecule has 26 heavy (non-hydrogen) atoms. The number of halogens is 1. The molecule has 0 saturated heterocycles. The molecule has 0 radical (unpaired) electrons. The zero-order chi connectivity index (χ0) is 18.9. The van der Waals surface area contributed by atoms with Crippen LogP contribution in [0.1, 0.15) is 30.3 Å². The smallest absolute Gasteiger partial charge is 0.276 e. The van der Waals surface area contributed by atoms with E-state index in [0.29, 0.717) is 36.2 Å². The average Bonchev–Trinajstić information content (AvgIpc) is 2.63. The standard InChI is InChI=1S/C18H22ClN3O4/c1-3-4-10-22-16(23)9-8-15(21-22)18(24)20-14-7-5-6-13(19)17(14)26-12-11-25-2/h5-9H,3-4,10-12H2,1-2H3,(H,20,24). The number of nitrogens with one attached hydrogen (secondary N) is 1. The summed E-state index contributed by atoms with van der Waals surface area (Å²) >= 11 is 6.16. The number of carbonyl (C=O) groups is 1. The number of hydrogen-bond acceptors (Lipinski definition) is 5. The van der Waals surface area contributed by atoms with Crippen molar-refractivity contribution in [1.29, 1.82) is 0 Å². The summed E-state index contributed by atoms with van der Waals surface area (Å²) in [7, 11) is 1.57. The van der Waals surface area contributed by atoms with Crippen molar-refractivity contribution in [3.05, 3.63) is 51.4 Å². The van der Waals surface area contributed by atoms with Gasteiger partial charge in [0.1, 0.15) is 12.3 Å². The molecule has 0 saturated carbocycles. The van der Waals surface area contributed by atoms with Gasteiger partial charge in [-0.05, 0) is 24.6 Å². The molecule has 1 aromatic carbocycles. The minimum Gasteiger partial charge on any atom is -0.487 e. The maximum atomic E-state index is 12.5. The number of rotatable bonds is 9. The summed E-state index contributed by atoms with van der Waals surface area (Å²) < 4.78 is 11.8. The van der Waals surface area contributed by atoms with E-state index < -0.39 is 5.91 Å². The molecule has 1 amide bonds. The van der Waals surface area contributed by atoms with E-state index in [1.807, 2.05) is 6.92 Å². The van der Waals surface area contributed by atoms with Crippen LogP contribution in [-0.4, -0.2) is 36.0 Å². The number of nitrogens with zero attached hydrogens (tertiary/aromatic N) is 2. The lowest BCUT2D eigenvalue weighted by molar-refractivity contribution is 0.101. The van der Waals surface area contributed by atoms with Gasteiger partial charge in [0, 0.05) is 19.7 Å². The van der Waals surface area contributed by atoms with E-state index in [0.717, 1.165) is 12.8 Å². The molecule has 0 aliphatic heterocycles. The predicted molar refractivity (Wildman–Crippen MR) is 100 cm³/mol. The molecule has 1 aromatic heterocycles. The first-order chi connectivity index (χ1) is 12.6. The zero-order valence-electron chi connectivity index (χ0n) is 14.8. The Labute approximate surface area is 156 Å². The fraction of sp³-hybridized carbons (Fsp3) is 0.389. The second kappa shape index (κ2) is 9.94. The van der Waals surface area contributed by atoms with Crippen molar-refractivity contribution in [3.63, 3.8) is 0 Å². The van der Waals surface area contributed by atoms with Crippen molar-refractivity contribution in [1.82, 2.24) is 9.78 Å². The third kappa shape index (κ3) is 5.31. The van der Waals surface area contributed by atoms with Gasteiger partial charge in [-0.1, -0.05) is 31.0 Å². The third-order valence-electron chi connectivity index (χ3n) is 3.57. The molecule has 0 bridgehead atoms. The summed E-state index contributed by atoms with van der Waals surface area (Å²) in [4.78, 5) is 24.4. The predicted octanol–water partition coefficient (Wildman–Crippen LogP) is 2.97. The van der Waals surface area contributed by atoms with Crippen molar-refractivity contribution >= 4 is 23.2 Å². The first-order valence-corrected chi connectivity index (χ1v) is 8.74. The quantitative estimate of drug-likeness (QED) is 0.677. The first kappa shape index (κ1) is 19.9. The molecule has 2 rings (SSSR count). The number of benzene rings is 1. The number of ether oxygens (including phenoxy) is 2. The van der Waals surface area contributed by atoms with E-state index in [4.69, 9.17) is 21.1 Å². The van der Waals surface area contributed by atoms with E-state index in [2.05, 4.69) is 10.4 Å². The lowest BCUT2D eigenvalue weighted by Gasteiger charge is -2.14. The van der Waals surface area contributed by atoms with Crippen molar-refractivity contribution in [3.8, 4) is 5.75 Å². The molecule has 7 nitrogen and oxygen atoms in total. The van der Waals surface area contributed by atoms with Crippen LogP contribution >= 0.6 is 11.6 Å². The number of hydrogen-bond donors (Lipinski definition) is 1. The molecule has 140 valence electrons. The van der Waals surface area contributed by atoms with E-state index in [9.17, 15) is 9.59 Å². The first-order valence-electron chi connectivity index (χ1n) is 8.36. The van der Waals surface area contributed by atoms with Crippen LogP contribution in [0.5, 0.6) is 5.75 Å². The molecular formula is C18H22ClN3O4. The Morgan fingerprint density at radius 1 is 1.27 bits per heavy atom. The van der Waals surface area contributed by atoms with Gasteiger partial charge in [-0.25, -0.2) is 4.68 Å². The van der Waals surface area contributed by atoms with Gasteiger partial charge in [-0.2, -0.15) is 5.10 Å². The summed E-state index contributed by atoms with van der Waals surface area (Å²) in [6.45, 7) is 3.18. The van der Waals surface area contributed by atoms with Crippen LogP contribution in [0.4, 0.5) is 5.69 Å². The molecule has 1 heterocycles. The SMILES string of the molecule is CCCCn1nc(C(=O)Nc2cccc(Cl)c2OCCOC)ccc1=O. The zero-order valence-corrected chi connectivity index (χ0v) is 15.6. The van der Waals surface area contributed by atoms with Gasteiger partial charge >= 0.3 is 0 Å². The maximum Gasteiger partial charge on any atom is 0.276 e. The highest BCUT2D eigenvalue weighted by molar-refractivity contribution is 6.32. The summed E-state index contributed by atoms with van der Waals surface area (Å²) in [5.74, 6) is -0.0898. The molecule has 0 atom stereocenters. The maximum absolute atomic E-state index is 12.5. The van der Waals surface area contributed by atoms with Gasteiger partial charge in [0.05, 0.1) is 17.3 Å². The number of aromatic nitrogens is 2. The van der Waals surface area contributed by atoms with Gasteiger partial charge in [0.2, 0.25) is 0 Å². The summed E-state index contributed by atoms with van der Waals surface area (Å²) in [6.07, 6.45) is 1.74. The van der Waals surface area contributed by atoms with Crippen LogP contribution < -0.4 is 15.6 Å². The minimum absolute atomic E-state index is 0.142. The van der Waals surface area contributed by atoms with Crippen LogP contribution in [-0.2, 0) is 11.3 Å². The van der Waals surface area contributed by atoms with Crippen LogP contribution in [0.2, 0.25) is 5.02 Å². The number of carbonyl (C=O) groups excluding carboxylic acids is 1. The average molecular weight is 380 g/mol. The Kier molecular flexibility index (Phi) is 7.62. The lowest BCUT2D eigenvalue weighted by Crippen LogP contribution is -2.26. The fourth-order valence-corrected chi connectivity index (χ4v) is 2.43. The topological polar surface area (TPSA) is 82.5 Å². The van der Waals surface area contributed by atoms with Crippen molar-refractivity contribution in [2.24, 2.45) is 0 Å². The molecule has 8 heteroatoms. The number of methoxy groups -OCH3 is 1. The number of amides is 1. The van der Waals surface area contributed by atoms with Gasteiger partial charge in [0.25, 0.3) is 11.5 Å². The van der Waals surface area contributed by atoms with E-state index in [-0.39, 0.29) is 11.3 Å². The number of aryl methyl sites for hydroxylation is 1. The number of para-hydroxylation sites is 1. The molecule has 1 N–H and O–H groups in total. The molecule has 0 aliphatic carbocycles. The van der Waals surface area contributed by atoms with Crippen LogP contribution in [0.15, 0.2) is 35.1 Å². The fourth-order valence-electron chi connectivity index (χ4n) is 2.21. The number of anilines is 1. The Morgan fingerprint density at radius 2 is 2.08 bits per heavy atom. The van der Waals surface area contributed by atoms with Crippen LogP contribution in [0.25, 0.3) is 0 Å². The van der Waals surface area contributed by atoms with Gasteiger partial charge in [-0.3, -0.25) is 9.59 Å². The molecule has 0 aliphatic rings. The third-order valence-corrected chi connectivity index (χ3v) is 3.87. The molecule has 2 aromatic rings. The van der Waals surface area contributed by atoms with Crippen molar-refractivity contribution < 1.29 is 14.3 Å². The Bertz CT molecular complexity index is 807. The van der Waals surface area contributed by atoms with Gasteiger partial charge in [-0.15, -0.1) is 0 Å². The monoisotopic (exact) mass is 379 g/mol. The Hall–Kier alpha value is -2.38. The van der Waals surface area contributed by atoms with Crippen LogP contribution in [0.3, 0.4) is 0 Å². The van der Waals surface area contributed by atoms with E-state index >= 15 is 0 Å². The normalized spacial score (nSPS) is 10.6. The van der Waals surface area contributed by atoms with E-state index in [1.165, 1.54) is 16.8 Å². The Morgan fingerprint density at radius 3 is 2.81 bits per heavy atom. The highest BCUT2D eigenvalue weighted by atomic mass is 35.5. The minimum atomic E-state index is -0.450. The molecule has 0 unspecified atom stereocenters. The van der Waals surface area contributed by atoms with Gasteiger partial charge in [0.15, 0.2) is 5.75 Å². The molecular weight excluding hydrogens is 358 g/mol. The van der Waals surface area contributed by atoms with Crippen LogP contribution in [0, 0.1) is 0 Å². The van der Waals surface area contributed by atoms with Gasteiger partial charge < -0.3 is 14.8 Å². The highest BCUT2D eigenvalue weighted by Crippen LogP contribution is 2.33. The lowest BCUT2D eigenvalue weighted by atomic mass is 10.2. The van der Waals surface area contributed by atoms with Crippen molar-refractivity contribution in [2.45, 2.75) is 26.3 Å². The summed E-state index contributed by atoms with van der Waals surface area (Å²) in [5.41, 5.74) is 0.330. The van der Waals surface area contributed by atoms with Crippen molar-refractivity contribution in [2.75, 3.05) is 25.6 Å². The number of unbranched alkanes of at least 4 members (excludes halogenated alkanes) is 1. The van der Waals surface area contributed by atoms with E-state index in [1.54, 1.807) is 25.3 Å². The largest absolute Gasteiger partial charge is 0.487 e. The second-order valence-corrected chi connectivity index (χ2v) is 5.95. The summed E-state index contributed by atoms with van der Waals surface area (Å²) in [5, 5.41) is 7.24. The second-order valence-electron chi connectivity index (χ2n) is 5.55. The summed E-state index contributed by atoms with van der Waals surface area (Å²) in [6, 6.07) is 7.79. The highest BCUT2D eigenvalue weighted by Gasteiger charge is 2.15. The Balaban J connectivity index is 2.19. The molecule has 0 fully saturated rings. The molecule has 0 spiro atoms.